The zero-order chi connectivity index (χ0) is 16.4. The SMILES string of the molecule is Cc1cccc(C)c1C(O)(C#CS(C)(C)C)c1ccccc1. The minimum atomic E-state index is -1.27. The highest BCUT2D eigenvalue weighted by Crippen LogP contribution is 2.37. The van der Waals surface area contributed by atoms with Crippen LogP contribution in [0.25, 0.3) is 0 Å². The highest BCUT2D eigenvalue weighted by atomic mass is 32.3. The van der Waals surface area contributed by atoms with Crippen LogP contribution in [-0.2, 0) is 5.60 Å². The van der Waals surface area contributed by atoms with Gasteiger partial charge in [0.2, 0.25) is 0 Å². The fraction of sp³-hybridized carbons (Fsp3) is 0.300. The molecule has 1 N–H and O–H groups in total. The summed E-state index contributed by atoms with van der Waals surface area (Å²) in [4.78, 5) is 0. The van der Waals surface area contributed by atoms with E-state index in [1.54, 1.807) is 0 Å². The second kappa shape index (κ2) is 6.20. The van der Waals surface area contributed by atoms with Crippen LogP contribution in [0.15, 0.2) is 48.5 Å². The lowest BCUT2D eigenvalue weighted by atomic mass is 9.82. The molecule has 116 valence electrons. The Hall–Kier alpha value is -1.69. The van der Waals surface area contributed by atoms with Crippen LogP contribution in [0.5, 0.6) is 0 Å². The average molecular weight is 312 g/mol. The highest BCUT2D eigenvalue weighted by Gasteiger charge is 2.32. The van der Waals surface area contributed by atoms with E-state index in [1.807, 2.05) is 62.4 Å². The van der Waals surface area contributed by atoms with Crippen LogP contribution in [0.4, 0.5) is 0 Å². The Balaban J connectivity index is 2.73. The van der Waals surface area contributed by atoms with Crippen molar-refractivity contribution in [3.8, 4) is 11.2 Å². The molecule has 0 aliphatic heterocycles. The predicted molar refractivity (Wildman–Crippen MR) is 98.5 cm³/mol. The summed E-state index contributed by atoms with van der Waals surface area (Å²) in [5.74, 6) is 3.19. The molecule has 0 spiro atoms. The lowest BCUT2D eigenvalue weighted by molar-refractivity contribution is 0.144. The molecule has 2 aromatic carbocycles. The smallest absolute Gasteiger partial charge is 0.178 e. The molecule has 0 amide bonds. The zero-order valence-electron chi connectivity index (χ0n) is 14.0. The third-order valence-corrected chi connectivity index (χ3v) is 4.29. The summed E-state index contributed by atoms with van der Waals surface area (Å²) in [6.07, 6.45) is 6.41. The van der Waals surface area contributed by atoms with Gasteiger partial charge in [-0.15, -0.1) is 0 Å². The van der Waals surface area contributed by atoms with Crippen LogP contribution in [-0.4, -0.2) is 23.9 Å². The van der Waals surface area contributed by atoms with E-state index < -0.39 is 15.6 Å². The van der Waals surface area contributed by atoms with Crippen molar-refractivity contribution in [3.05, 3.63) is 70.8 Å². The highest BCUT2D eigenvalue weighted by molar-refractivity contribution is 8.35. The molecule has 0 saturated heterocycles. The summed E-state index contributed by atoms with van der Waals surface area (Å²) in [6.45, 7) is 4.06. The maximum absolute atomic E-state index is 11.5. The van der Waals surface area contributed by atoms with Crippen molar-refractivity contribution in [2.45, 2.75) is 19.4 Å². The third-order valence-electron chi connectivity index (χ3n) is 3.57. The molecule has 0 aliphatic carbocycles. The Labute approximate surface area is 135 Å². The monoisotopic (exact) mass is 312 g/mol. The molecule has 1 atom stereocenters. The fourth-order valence-corrected chi connectivity index (χ4v) is 3.02. The number of hydrogen-bond acceptors (Lipinski definition) is 1. The quantitative estimate of drug-likeness (QED) is 0.824. The molecule has 0 radical (unpaired) electrons. The van der Waals surface area contributed by atoms with Crippen LogP contribution < -0.4 is 0 Å². The molecule has 22 heavy (non-hydrogen) atoms. The Morgan fingerprint density at radius 2 is 1.41 bits per heavy atom. The van der Waals surface area contributed by atoms with Gasteiger partial charge in [-0.1, -0.05) is 53.8 Å². The van der Waals surface area contributed by atoms with Gasteiger partial charge in [0.25, 0.3) is 0 Å². The molecule has 0 fully saturated rings. The maximum Gasteiger partial charge on any atom is 0.178 e. The number of aliphatic hydroxyl groups is 1. The molecular formula is C20H24OS. The number of rotatable bonds is 2. The molecule has 0 heterocycles. The zero-order valence-corrected chi connectivity index (χ0v) is 14.8. The van der Waals surface area contributed by atoms with Crippen molar-refractivity contribution < 1.29 is 5.11 Å². The molecule has 2 rings (SSSR count). The lowest BCUT2D eigenvalue weighted by Gasteiger charge is -2.28. The molecule has 1 nitrogen and oxygen atoms in total. The van der Waals surface area contributed by atoms with E-state index >= 15 is 0 Å². The Bertz CT molecular complexity index is 697. The van der Waals surface area contributed by atoms with Crippen LogP contribution in [0.1, 0.15) is 22.3 Å². The van der Waals surface area contributed by atoms with Crippen molar-refractivity contribution in [2.24, 2.45) is 0 Å². The van der Waals surface area contributed by atoms with E-state index in [0.717, 1.165) is 22.3 Å². The topological polar surface area (TPSA) is 20.2 Å². The van der Waals surface area contributed by atoms with Gasteiger partial charge < -0.3 is 5.11 Å². The summed E-state index contributed by atoms with van der Waals surface area (Å²) in [5.41, 5.74) is 2.58. The predicted octanol–water partition coefficient (Wildman–Crippen LogP) is 4.19. The van der Waals surface area contributed by atoms with Crippen molar-refractivity contribution in [2.75, 3.05) is 18.8 Å². The third kappa shape index (κ3) is 3.55. The summed E-state index contributed by atoms with van der Waals surface area (Å²) in [6, 6.07) is 15.8. The van der Waals surface area contributed by atoms with Gasteiger partial charge in [0.1, 0.15) is 0 Å². The molecule has 0 aromatic heterocycles. The van der Waals surface area contributed by atoms with Crippen molar-refractivity contribution in [3.63, 3.8) is 0 Å². The van der Waals surface area contributed by atoms with Gasteiger partial charge in [0.15, 0.2) is 5.60 Å². The molecular weight excluding hydrogens is 288 g/mol. The van der Waals surface area contributed by atoms with Crippen LogP contribution >= 0.6 is 10.0 Å². The maximum atomic E-state index is 11.5. The average Bonchev–Trinajstić information content (AvgIpc) is 2.45. The lowest BCUT2D eigenvalue weighted by Crippen LogP contribution is -2.27. The van der Waals surface area contributed by atoms with Gasteiger partial charge >= 0.3 is 0 Å². The number of hydrogen-bond donors (Lipinski definition) is 1. The Morgan fingerprint density at radius 3 is 1.91 bits per heavy atom. The van der Waals surface area contributed by atoms with Crippen LogP contribution in [0.3, 0.4) is 0 Å². The fourth-order valence-electron chi connectivity index (χ4n) is 2.57. The van der Waals surface area contributed by atoms with Crippen molar-refractivity contribution >= 4 is 10.0 Å². The van der Waals surface area contributed by atoms with Gasteiger partial charge in [-0.25, -0.2) is 0 Å². The van der Waals surface area contributed by atoms with E-state index in [9.17, 15) is 5.11 Å². The van der Waals surface area contributed by atoms with E-state index in [-0.39, 0.29) is 0 Å². The molecule has 0 bridgehead atoms. The second-order valence-electron chi connectivity index (χ2n) is 6.41. The first kappa shape index (κ1) is 16.7. The minimum absolute atomic E-state index is 0.823. The van der Waals surface area contributed by atoms with Crippen LogP contribution in [0, 0.1) is 25.0 Å². The first-order valence-electron chi connectivity index (χ1n) is 7.31. The van der Waals surface area contributed by atoms with Gasteiger partial charge in [0, 0.05) is 11.1 Å². The van der Waals surface area contributed by atoms with E-state index in [2.05, 4.69) is 29.9 Å². The molecule has 0 aliphatic rings. The first-order chi connectivity index (χ1) is 10.2. The van der Waals surface area contributed by atoms with Crippen molar-refractivity contribution in [1.82, 2.24) is 0 Å². The standard InChI is InChI=1S/C20H24OS/c1-16-10-9-11-17(2)19(16)20(21,14-15-22(3,4)5)18-12-7-6-8-13-18/h6-13,21H,1-5H3. The molecule has 0 saturated carbocycles. The van der Waals surface area contributed by atoms with Crippen molar-refractivity contribution in [1.29, 1.82) is 0 Å². The minimum Gasteiger partial charge on any atom is -0.369 e. The largest absolute Gasteiger partial charge is 0.369 e. The van der Waals surface area contributed by atoms with Gasteiger partial charge in [0.05, 0.1) is 0 Å². The first-order valence-corrected chi connectivity index (χ1v) is 10.2. The summed E-state index contributed by atoms with van der Waals surface area (Å²) in [5, 5.41) is 14.8. The van der Waals surface area contributed by atoms with Gasteiger partial charge in [-0.3, -0.25) is 0 Å². The number of aryl methyl sites for hydroxylation is 2. The molecule has 1 unspecified atom stereocenters. The Kier molecular flexibility index (Phi) is 4.70. The normalized spacial score (nSPS) is 14.6. The van der Waals surface area contributed by atoms with E-state index in [4.69, 9.17) is 0 Å². The van der Waals surface area contributed by atoms with E-state index in [0.29, 0.717) is 0 Å². The Morgan fingerprint density at radius 1 is 0.864 bits per heavy atom. The van der Waals surface area contributed by atoms with Gasteiger partial charge in [-0.2, -0.15) is 10.0 Å². The second-order valence-corrected chi connectivity index (χ2v) is 10.3. The number of benzene rings is 2. The van der Waals surface area contributed by atoms with Gasteiger partial charge in [-0.05, 0) is 49.7 Å². The summed E-state index contributed by atoms with van der Waals surface area (Å²) < 4.78 is 0. The summed E-state index contributed by atoms with van der Waals surface area (Å²) >= 11 is 0. The molecule has 2 heteroatoms. The van der Waals surface area contributed by atoms with Crippen LogP contribution in [0.2, 0.25) is 0 Å². The molecule has 2 aromatic rings. The summed E-state index contributed by atoms with van der Waals surface area (Å²) in [7, 11) is -1.02. The van der Waals surface area contributed by atoms with E-state index in [1.165, 1.54) is 0 Å².